The zero-order chi connectivity index (χ0) is 15.9. The van der Waals surface area contributed by atoms with Gasteiger partial charge >= 0.3 is 5.97 Å². The maximum Gasteiger partial charge on any atom is 0.317 e. The van der Waals surface area contributed by atoms with E-state index >= 15 is 0 Å². The van der Waals surface area contributed by atoms with Gasteiger partial charge in [-0.25, -0.2) is 0 Å². The van der Waals surface area contributed by atoms with Gasteiger partial charge in [0, 0.05) is 22.5 Å². The number of hydrogen-bond acceptors (Lipinski definition) is 3. The van der Waals surface area contributed by atoms with E-state index in [1.807, 2.05) is 0 Å². The smallest absolute Gasteiger partial charge is 0.317 e. The number of benzene rings is 2. The summed E-state index contributed by atoms with van der Waals surface area (Å²) in [4.78, 5) is 13.6. The van der Waals surface area contributed by atoms with Crippen molar-refractivity contribution in [1.82, 2.24) is 0 Å². The van der Waals surface area contributed by atoms with Crippen LogP contribution in [0.15, 0.2) is 48.5 Å². The quantitative estimate of drug-likeness (QED) is 0.734. The summed E-state index contributed by atoms with van der Waals surface area (Å²) in [6.07, 6.45) is 0. The highest BCUT2D eigenvalue weighted by Gasteiger charge is 2.33. The van der Waals surface area contributed by atoms with E-state index in [1.54, 1.807) is 48.5 Å². The minimum absolute atomic E-state index is 0.398. The molecule has 1 aliphatic rings. The molecule has 19 heavy (non-hydrogen) atoms. The van der Waals surface area contributed by atoms with Crippen molar-refractivity contribution in [3.63, 3.8) is 0 Å². The van der Waals surface area contributed by atoms with Crippen molar-refractivity contribution in [2.75, 3.05) is 19.0 Å². The molecule has 96 valence electrons. The van der Waals surface area contributed by atoms with E-state index in [0.29, 0.717) is 22.5 Å². The molecule has 2 aromatic rings. The standard InChI is InChI=1S/C16H15NO2/c1-17-13-9-5-3-7-11(13)15(16(18)19-2)12-8-4-6-10-14(12)17/h3-10,15H,1-2H3/i1D3. The van der Waals surface area contributed by atoms with Gasteiger partial charge in [0.15, 0.2) is 0 Å². The molecule has 1 heterocycles. The van der Waals surface area contributed by atoms with Crippen LogP contribution < -0.4 is 4.90 Å². The van der Waals surface area contributed by atoms with Gasteiger partial charge in [-0.15, -0.1) is 0 Å². The first-order chi connectivity index (χ1) is 10.4. The number of hydrogen-bond donors (Lipinski definition) is 0. The minimum atomic E-state index is -2.34. The van der Waals surface area contributed by atoms with E-state index < -0.39 is 18.9 Å². The van der Waals surface area contributed by atoms with E-state index in [1.165, 1.54) is 12.0 Å². The molecule has 2 aromatic carbocycles. The van der Waals surface area contributed by atoms with Gasteiger partial charge in [-0.3, -0.25) is 4.79 Å². The lowest BCUT2D eigenvalue weighted by atomic mass is 9.85. The molecule has 0 spiro atoms. The maximum absolute atomic E-state index is 12.3. The monoisotopic (exact) mass is 256 g/mol. The molecule has 3 rings (SSSR count). The summed E-state index contributed by atoms with van der Waals surface area (Å²) in [7, 11) is 1.34. The third-order valence-electron chi connectivity index (χ3n) is 3.41. The van der Waals surface area contributed by atoms with Gasteiger partial charge in [-0.2, -0.15) is 0 Å². The normalized spacial score (nSPS) is 16.7. The van der Waals surface area contributed by atoms with Crippen molar-refractivity contribution < 1.29 is 13.6 Å². The predicted octanol–water partition coefficient (Wildman–Crippen LogP) is 3.07. The van der Waals surface area contributed by atoms with Gasteiger partial charge in [0.1, 0.15) is 5.92 Å². The number of esters is 1. The topological polar surface area (TPSA) is 29.5 Å². The van der Waals surface area contributed by atoms with Crippen molar-refractivity contribution in [3.05, 3.63) is 59.7 Å². The fourth-order valence-corrected chi connectivity index (χ4v) is 2.54. The number of para-hydroxylation sites is 2. The average Bonchev–Trinajstić information content (AvgIpc) is 2.50. The Morgan fingerprint density at radius 3 is 2.11 bits per heavy atom. The Bertz CT molecular complexity index is 680. The molecular weight excluding hydrogens is 238 g/mol. The number of methoxy groups -OCH3 is 1. The number of ether oxygens (including phenoxy) is 1. The van der Waals surface area contributed by atoms with Gasteiger partial charge in [-0.05, 0) is 23.3 Å². The first-order valence-electron chi connectivity index (χ1n) is 7.51. The second-order valence-corrected chi connectivity index (χ2v) is 4.41. The lowest BCUT2D eigenvalue weighted by Crippen LogP contribution is -2.26. The molecule has 0 fully saturated rings. The van der Waals surface area contributed by atoms with Crippen LogP contribution in [0.2, 0.25) is 0 Å². The Hall–Kier alpha value is -2.29. The third-order valence-corrected chi connectivity index (χ3v) is 3.41. The van der Waals surface area contributed by atoms with Crippen LogP contribution in [0.4, 0.5) is 11.4 Å². The summed E-state index contributed by atoms with van der Waals surface area (Å²) in [5.41, 5.74) is 2.31. The van der Waals surface area contributed by atoms with Crippen molar-refractivity contribution in [1.29, 1.82) is 0 Å². The third kappa shape index (κ3) is 1.70. The minimum Gasteiger partial charge on any atom is -0.468 e. The Labute approximate surface area is 116 Å². The van der Waals surface area contributed by atoms with Crippen LogP contribution in [0.25, 0.3) is 0 Å². The molecule has 0 N–H and O–H groups in total. The van der Waals surface area contributed by atoms with Crippen LogP contribution in [-0.2, 0) is 9.53 Å². The first-order valence-corrected chi connectivity index (χ1v) is 6.01. The van der Waals surface area contributed by atoms with Crippen molar-refractivity contribution >= 4 is 17.3 Å². The maximum atomic E-state index is 12.3. The number of carbonyl (C=O) groups excluding carboxylic acids is 1. The predicted molar refractivity (Wildman–Crippen MR) is 74.8 cm³/mol. The molecule has 0 aromatic heterocycles. The summed E-state index contributed by atoms with van der Waals surface area (Å²) in [5, 5.41) is 0. The summed E-state index contributed by atoms with van der Waals surface area (Å²) in [5.74, 6) is -1.01. The second-order valence-electron chi connectivity index (χ2n) is 4.41. The molecule has 3 nitrogen and oxygen atoms in total. The molecule has 0 radical (unpaired) electrons. The lowest BCUT2D eigenvalue weighted by molar-refractivity contribution is -0.141. The molecule has 0 bridgehead atoms. The Kier molecular flexibility index (Phi) is 2.04. The van der Waals surface area contributed by atoms with Crippen LogP contribution in [0, 0.1) is 0 Å². The molecule has 0 atom stereocenters. The number of carbonyl (C=O) groups is 1. The largest absolute Gasteiger partial charge is 0.468 e. The van der Waals surface area contributed by atoms with Crippen LogP contribution in [0.5, 0.6) is 0 Å². The zero-order valence-electron chi connectivity index (χ0n) is 13.5. The molecule has 3 heteroatoms. The first kappa shape index (κ1) is 8.75. The number of rotatable bonds is 1. The average molecular weight is 256 g/mol. The molecular formula is C16H15NO2. The lowest BCUT2D eigenvalue weighted by Gasteiger charge is -2.34. The van der Waals surface area contributed by atoms with Crippen LogP contribution in [0.3, 0.4) is 0 Å². The SMILES string of the molecule is [2H]C([2H])([2H])N1c2ccccc2C(C(=O)OC)c2ccccc21. The van der Waals surface area contributed by atoms with E-state index in [9.17, 15) is 4.79 Å². The summed E-state index contributed by atoms with van der Waals surface area (Å²) in [6.45, 7) is -2.34. The van der Waals surface area contributed by atoms with Gasteiger partial charge in [-0.1, -0.05) is 36.4 Å². The Morgan fingerprint density at radius 1 is 1.11 bits per heavy atom. The Morgan fingerprint density at radius 2 is 1.63 bits per heavy atom. The van der Waals surface area contributed by atoms with Gasteiger partial charge in [0.05, 0.1) is 7.11 Å². The molecule has 0 amide bonds. The van der Waals surface area contributed by atoms with Crippen molar-refractivity contribution in [2.24, 2.45) is 0 Å². The molecule has 0 saturated heterocycles. The van der Waals surface area contributed by atoms with E-state index in [2.05, 4.69) is 0 Å². The van der Waals surface area contributed by atoms with E-state index in [0.717, 1.165) is 0 Å². The van der Waals surface area contributed by atoms with E-state index in [4.69, 9.17) is 8.85 Å². The number of anilines is 2. The molecule has 0 aliphatic carbocycles. The highest BCUT2D eigenvalue weighted by Crippen LogP contribution is 2.44. The van der Waals surface area contributed by atoms with Crippen molar-refractivity contribution in [3.8, 4) is 0 Å². The fraction of sp³-hybridized carbons (Fsp3) is 0.188. The summed E-state index contributed by atoms with van der Waals surface area (Å²) < 4.78 is 28.5. The van der Waals surface area contributed by atoms with Crippen LogP contribution >= 0.6 is 0 Å². The summed E-state index contributed by atoms with van der Waals surface area (Å²) in [6, 6.07) is 14.1. The molecule has 1 aliphatic heterocycles. The zero-order valence-corrected chi connectivity index (χ0v) is 10.5. The van der Waals surface area contributed by atoms with Crippen LogP contribution in [0.1, 0.15) is 21.2 Å². The molecule has 0 saturated carbocycles. The summed E-state index contributed by atoms with van der Waals surface area (Å²) >= 11 is 0. The highest BCUT2D eigenvalue weighted by molar-refractivity contribution is 5.91. The van der Waals surface area contributed by atoms with Crippen molar-refractivity contribution in [2.45, 2.75) is 5.92 Å². The Balaban J connectivity index is 2.31. The highest BCUT2D eigenvalue weighted by atomic mass is 16.5. The van der Waals surface area contributed by atoms with Gasteiger partial charge < -0.3 is 9.64 Å². The fourth-order valence-electron chi connectivity index (χ4n) is 2.54. The van der Waals surface area contributed by atoms with E-state index in [-0.39, 0.29) is 0 Å². The van der Waals surface area contributed by atoms with Gasteiger partial charge in [0.2, 0.25) is 0 Å². The molecule has 0 unspecified atom stereocenters. The van der Waals surface area contributed by atoms with Gasteiger partial charge in [0.25, 0.3) is 0 Å². The van der Waals surface area contributed by atoms with Crippen LogP contribution in [-0.4, -0.2) is 20.1 Å². The number of fused-ring (bicyclic) bond motifs is 2. The number of nitrogens with zero attached hydrogens (tertiary/aromatic N) is 1. The second kappa shape index (κ2) is 4.43.